The van der Waals surface area contributed by atoms with Gasteiger partial charge >= 0.3 is 6.09 Å². The molecule has 4 aromatic carbocycles. The smallest absolute Gasteiger partial charge is 0.409 e. The molecule has 5 heterocycles. The molecule has 11 nitrogen and oxygen atoms in total. The molecule has 4 N–H and O–H groups in total. The van der Waals surface area contributed by atoms with Crippen LogP contribution >= 0.6 is 0 Å². The van der Waals surface area contributed by atoms with Gasteiger partial charge in [0, 0.05) is 55.2 Å². The molecule has 217 valence electrons. The van der Waals surface area contributed by atoms with Crippen LogP contribution in [0.5, 0.6) is 5.75 Å². The minimum atomic E-state index is -0.938. The summed E-state index contributed by atoms with van der Waals surface area (Å²) < 4.78 is 5.40. The number of nitrogens with zero attached hydrogens (tertiary/aromatic N) is 6. The summed E-state index contributed by atoms with van der Waals surface area (Å²) in [5.74, 6) is 2.17. The monoisotopic (exact) mass is 632 g/mol. The SMILES string of the molecule is NC(=O)Oc1cccc2c3nc4nc(nc5[nH]c(nc6nc(nc([nH]3)c12)-c1ccccc1-6)c1ccccc51)-c1ccccc1-4.[Co]. The van der Waals surface area contributed by atoms with Crippen LogP contribution in [0.3, 0.4) is 0 Å². The zero-order chi connectivity index (χ0) is 29.4. The van der Waals surface area contributed by atoms with Gasteiger partial charge in [-0.1, -0.05) is 84.9 Å². The first-order valence-electron chi connectivity index (χ1n) is 13.8. The van der Waals surface area contributed by atoms with Gasteiger partial charge in [-0.05, 0) is 6.07 Å². The van der Waals surface area contributed by atoms with Crippen LogP contribution in [0.15, 0.2) is 91.0 Å². The van der Waals surface area contributed by atoms with Crippen LogP contribution in [0.25, 0.3) is 89.7 Å². The van der Waals surface area contributed by atoms with Crippen molar-refractivity contribution in [2.24, 2.45) is 5.73 Å². The molecule has 8 bridgehead atoms. The van der Waals surface area contributed by atoms with Crippen molar-refractivity contribution in [1.29, 1.82) is 0 Å². The van der Waals surface area contributed by atoms with Crippen LogP contribution in [0.4, 0.5) is 4.79 Å². The van der Waals surface area contributed by atoms with Crippen molar-refractivity contribution in [3.63, 3.8) is 0 Å². The Kier molecular flexibility index (Phi) is 5.94. The van der Waals surface area contributed by atoms with Crippen LogP contribution in [-0.2, 0) is 16.8 Å². The molecule has 1 radical (unpaired) electrons. The van der Waals surface area contributed by atoms with Gasteiger partial charge in [0.25, 0.3) is 0 Å². The van der Waals surface area contributed by atoms with Crippen molar-refractivity contribution in [1.82, 2.24) is 39.9 Å². The maximum absolute atomic E-state index is 11.8. The number of H-pyrrole nitrogens is 2. The van der Waals surface area contributed by atoms with Gasteiger partial charge in [-0.15, -0.1) is 0 Å². The molecule has 0 spiro atoms. The first-order valence-corrected chi connectivity index (χ1v) is 13.8. The molecule has 45 heavy (non-hydrogen) atoms. The van der Waals surface area contributed by atoms with Gasteiger partial charge in [0.2, 0.25) is 0 Å². The van der Waals surface area contributed by atoms with Crippen molar-refractivity contribution in [3.05, 3.63) is 91.0 Å². The largest absolute Gasteiger partial charge is 0.410 e. The number of carbonyl (C=O) groups is 1. The standard InChI is InChI=1S/C33H19N9O2.Co/c34-33(43)44-23-15-7-14-22-24(23)32-41-30-21-13-6-5-12-20(21)28(39-30)37-26-17-9-2-1-8-16(17)25(35-26)36-27-18-10-3-4-11-19(18)29(38-27)40-31(22)42-32;/h1-15H,(H2,34,43)(H2,35,36,37,38,39,40,41,42);. The molecule has 0 saturated heterocycles. The zero-order valence-electron chi connectivity index (χ0n) is 23.1. The third kappa shape index (κ3) is 4.15. The number of aromatic amines is 2. The summed E-state index contributed by atoms with van der Waals surface area (Å²) in [5.41, 5.74) is 10.9. The minimum absolute atomic E-state index is 0. The Morgan fingerprint density at radius 2 is 0.911 bits per heavy atom. The number of ether oxygens (including phenoxy) is 1. The molecule has 0 unspecified atom stereocenters. The molecule has 0 saturated carbocycles. The van der Waals surface area contributed by atoms with E-state index in [0.29, 0.717) is 56.7 Å². The summed E-state index contributed by atoms with van der Waals surface area (Å²) in [6, 6.07) is 28.8. The van der Waals surface area contributed by atoms with Crippen LogP contribution in [-0.4, -0.2) is 46.0 Å². The van der Waals surface area contributed by atoms with E-state index in [4.69, 9.17) is 40.4 Å². The van der Waals surface area contributed by atoms with E-state index in [1.54, 1.807) is 12.1 Å². The molecular formula is C33H19CoN9O2. The van der Waals surface area contributed by atoms with Gasteiger partial charge in [-0.3, -0.25) is 0 Å². The maximum atomic E-state index is 11.8. The molecule has 9 rings (SSSR count). The predicted molar refractivity (Wildman–Crippen MR) is 166 cm³/mol. The molecular weight excluding hydrogens is 613 g/mol. The Balaban J connectivity index is 0.00000300. The minimum Gasteiger partial charge on any atom is -0.410 e. The van der Waals surface area contributed by atoms with E-state index in [1.807, 2.05) is 78.9 Å². The molecule has 2 aliphatic heterocycles. The Morgan fingerprint density at radius 3 is 1.40 bits per heavy atom. The van der Waals surface area contributed by atoms with Crippen molar-refractivity contribution >= 4 is 50.2 Å². The average Bonchev–Trinajstić information content (AvgIpc) is 3.77. The van der Waals surface area contributed by atoms with E-state index in [2.05, 4.69) is 9.97 Å². The van der Waals surface area contributed by atoms with E-state index in [-0.39, 0.29) is 22.5 Å². The average molecular weight is 633 g/mol. The number of primary amides is 1. The number of fused-ring (bicyclic) bond motifs is 20. The first-order chi connectivity index (χ1) is 21.6. The van der Waals surface area contributed by atoms with Crippen LogP contribution in [0.2, 0.25) is 0 Å². The quantitative estimate of drug-likeness (QED) is 0.189. The summed E-state index contributed by atoms with van der Waals surface area (Å²) in [4.78, 5) is 48.2. The number of carbonyl (C=O) groups excluding carboxylic acids is 1. The van der Waals surface area contributed by atoms with Crippen molar-refractivity contribution in [3.8, 4) is 51.3 Å². The van der Waals surface area contributed by atoms with E-state index < -0.39 is 6.09 Å². The molecule has 0 fully saturated rings. The third-order valence-corrected chi connectivity index (χ3v) is 7.75. The second-order valence-corrected chi connectivity index (χ2v) is 10.3. The maximum Gasteiger partial charge on any atom is 0.409 e. The Bertz CT molecular complexity index is 2530. The number of rotatable bonds is 1. The Hall–Kier alpha value is -5.98. The second kappa shape index (κ2) is 10.0. The van der Waals surface area contributed by atoms with Gasteiger partial charge in [0.15, 0.2) is 23.3 Å². The van der Waals surface area contributed by atoms with Crippen LogP contribution < -0.4 is 10.5 Å². The van der Waals surface area contributed by atoms with Gasteiger partial charge in [0.1, 0.15) is 28.3 Å². The number of benzene rings is 4. The van der Waals surface area contributed by atoms with Crippen molar-refractivity contribution in [2.75, 3.05) is 0 Å². The zero-order valence-corrected chi connectivity index (χ0v) is 24.1. The Morgan fingerprint density at radius 1 is 0.511 bits per heavy atom. The summed E-state index contributed by atoms with van der Waals surface area (Å²) in [7, 11) is 0. The number of hydrogen-bond acceptors (Lipinski definition) is 8. The van der Waals surface area contributed by atoms with Crippen molar-refractivity contribution < 1.29 is 26.3 Å². The number of amides is 1. The fraction of sp³-hybridized carbons (Fsp3) is 0. The van der Waals surface area contributed by atoms with Gasteiger partial charge in [0.05, 0.1) is 5.39 Å². The Labute approximate surface area is 263 Å². The summed E-state index contributed by atoms with van der Waals surface area (Å²) >= 11 is 0. The molecule has 2 aliphatic rings. The molecule has 1 amide bonds. The molecule has 7 aromatic rings. The molecule has 0 atom stereocenters. The number of nitrogens with one attached hydrogen (secondary N) is 2. The first kappa shape index (κ1) is 26.6. The van der Waals surface area contributed by atoms with Gasteiger partial charge in [-0.2, -0.15) is 0 Å². The van der Waals surface area contributed by atoms with Gasteiger partial charge < -0.3 is 20.4 Å². The summed E-state index contributed by atoms with van der Waals surface area (Å²) in [6.45, 7) is 0. The topological polar surface area (TPSA) is 161 Å². The normalized spacial score (nSPS) is 11.6. The van der Waals surface area contributed by atoms with Crippen molar-refractivity contribution in [2.45, 2.75) is 0 Å². The number of aromatic nitrogens is 8. The predicted octanol–water partition coefficient (Wildman–Crippen LogP) is 6.32. The van der Waals surface area contributed by atoms with Crippen LogP contribution in [0, 0.1) is 0 Å². The number of nitrogens with two attached hydrogens (primary N) is 1. The molecule has 12 heteroatoms. The summed E-state index contributed by atoms with van der Waals surface area (Å²) in [5, 5.41) is 3.00. The second-order valence-electron chi connectivity index (χ2n) is 10.3. The fourth-order valence-electron chi connectivity index (χ4n) is 5.85. The van der Waals surface area contributed by atoms with E-state index in [1.165, 1.54) is 0 Å². The number of hydrogen-bond donors (Lipinski definition) is 3. The fourth-order valence-corrected chi connectivity index (χ4v) is 5.85. The van der Waals surface area contributed by atoms with Gasteiger partial charge in [-0.25, -0.2) is 34.7 Å². The van der Waals surface area contributed by atoms with Crippen LogP contribution in [0.1, 0.15) is 0 Å². The van der Waals surface area contributed by atoms with E-state index >= 15 is 0 Å². The third-order valence-electron chi connectivity index (χ3n) is 7.75. The molecule has 3 aromatic heterocycles. The van der Waals surface area contributed by atoms with E-state index in [0.717, 1.165) is 33.0 Å². The van der Waals surface area contributed by atoms with E-state index in [9.17, 15) is 4.79 Å². The molecule has 0 aliphatic carbocycles. The summed E-state index contributed by atoms with van der Waals surface area (Å²) in [6.07, 6.45) is -0.938.